The fourth-order valence-electron chi connectivity index (χ4n) is 2.71. The van der Waals surface area contributed by atoms with E-state index in [9.17, 15) is 14.7 Å². The molecule has 6 heteroatoms. The molecule has 1 aromatic carbocycles. The number of hydrogen-bond donors (Lipinski definition) is 3. The topological polar surface area (TPSA) is 89.9 Å². The van der Waals surface area contributed by atoms with Crippen LogP contribution < -0.4 is 5.32 Å². The third kappa shape index (κ3) is 4.65. The Labute approximate surface area is 129 Å². The van der Waals surface area contributed by atoms with Crippen LogP contribution in [0.15, 0.2) is 24.3 Å². The molecule has 1 fully saturated rings. The van der Waals surface area contributed by atoms with E-state index in [1.807, 2.05) is 12.1 Å². The average molecular weight is 306 g/mol. The molecular weight excluding hydrogens is 284 g/mol. The van der Waals surface area contributed by atoms with Crippen LogP contribution in [0.1, 0.15) is 37.2 Å². The van der Waals surface area contributed by atoms with E-state index in [0.717, 1.165) is 12.8 Å². The van der Waals surface area contributed by atoms with E-state index in [-0.39, 0.29) is 18.2 Å². The molecule has 0 radical (unpaired) electrons. The van der Waals surface area contributed by atoms with E-state index in [2.05, 4.69) is 5.32 Å². The molecule has 0 aliphatic carbocycles. The van der Waals surface area contributed by atoms with Gasteiger partial charge in [0.1, 0.15) is 5.75 Å². The highest BCUT2D eigenvalue weighted by molar-refractivity contribution is 5.74. The molecule has 6 nitrogen and oxygen atoms in total. The highest BCUT2D eigenvalue weighted by Gasteiger charge is 2.23. The quantitative estimate of drug-likeness (QED) is 0.727. The van der Waals surface area contributed by atoms with Crippen LogP contribution >= 0.6 is 0 Å². The molecule has 1 saturated heterocycles. The lowest BCUT2D eigenvalue weighted by Gasteiger charge is -2.32. The number of urea groups is 1. The molecule has 0 atom stereocenters. The van der Waals surface area contributed by atoms with Crippen molar-refractivity contribution in [3.8, 4) is 5.75 Å². The van der Waals surface area contributed by atoms with Crippen LogP contribution in [-0.4, -0.2) is 46.7 Å². The minimum absolute atomic E-state index is 0.0726. The van der Waals surface area contributed by atoms with Crippen LogP contribution in [0, 0.1) is 0 Å². The maximum absolute atomic E-state index is 12.0. The Bertz CT molecular complexity index is 507. The normalized spacial score (nSPS) is 15.5. The fourth-order valence-corrected chi connectivity index (χ4v) is 2.71. The lowest BCUT2D eigenvalue weighted by Crippen LogP contribution is -2.44. The smallest absolute Gasteiger partial charge is 0.317 e. The molecule has 1 aliphatic rings. The number of phenols is 1. The summed E-state index contributed by atoms with van der Waals surface area (Å²) in [7, 11) is 0. The highest BCUT2D eigenvalue weighted by Crippen LogP contribution is 2.28. The number of piperidine rings is 1. The monoisotopic (exact) mass is 306 g/mol. The zero-order valence-corrected chi connectivity index (χ0v) is 12.5. The number of amides is 2. The van der Waals surface area contributed by atoms with Crippen molar-refractivity contribution in [3.05, 3.63) is 29.8 Å². The predicted molar refractivity (Wildman–Crippen MR) is 81.9 cm³/mol. The summed E-state index contributed by atoms with van der Waals surface area (Å²) in [5.41, 5.74) is 1.19. The van der Waals surface area contributed by atoms with E-state index in [0.29, 0.717) is 32.0 Å². The summed E-state index contributed by atoms with van der Waals surface area (Å²) < 4.78 is 0. The first-order chi connectivity index (χ1) is 10.6. The van der Waals surface area contributed by atoms with Crippen molar-refractivity contribution >= 4 is 12.0 Å². The minimum Gasteiger partial charge on any atom is -0.508 e. The van der Waals surface area contributed by atoms with Crippen LogP contribution in [0.2, 0.25) is 0 Å². The van der Waals surface area contributed by atoms with Crippen LogP contribution in [0.25, 0.3) is 0 Å². The summed E-state index contributed by atoms with van der Waals surface area (Å²) in [6.45, 7) is 1.77. The molecule has 2 amide bonds. The molecule has 1 aromatic rings. The van der Waals surface area contributed by atoms with Gasteiger partial charge in [-0.3, -0.25) is 4.79 Å². The van der Waals surface area contributed by atoms with Crippen molar-refractivity contribution in [2.75, 3.05) is 19.6 Å². The molecule has 1 aliphatic heterocycles. The molecule has 0 aromatic heterocycles. The lowest BCUT2D eigenvalue weighted by atomic mass is 9.89. The zero-order valence-electron chi connectivity index (χ0n) is 12.5. The molecule has 0 saturated carbocycles. The van der Waals surface area contributed by atoms with Gasteiger partial charge >= 0.3 is 12.0 Å². The third-order valence-corrected chi connectivity index (χ3v) is 3.99. The maximum Gasteiger partial charge on any atom is 0.317 e. The van der Waals surface area contributed by atoms with Gasteiger partial charge in [-0.15, -0.1) is 0 Å². The van der Waals surface area contributed by atoms with Gasteiger partial charge in [-0.25, -0.2) is 4.79 Å². The van der Waals surface area contributed by atoms with Gasteiger partial charge in [-0.2, -0.15) is 0 Å². The van der Waals surface area contributed by atoms with Gasteiger partial charge < -0.3 is 20.4 Å². The summed E-state index contributed by atoms with van der Waals surface area (Å²) in [6.07, 6.45) is 2.31. The predicted octanol–water partition coefficient (Wildman–Crippen LogP) is 2.15. The SMILES string of the molecule is O=C(O)CCCNC(=O)N1CCC(c2ccc(O)cc2)CC1. The molecule has 120 valence electrons. The number of aliphatic carboxylic acids is 1. The van der Waals surface area contributed by atoms with Crippen molar-refractivity contribution in [1.82, 2.24) is 10.2 Å². The van der Waals surface area contributed by atoms with E-state index >= 15 is 0 Å². The Hall–Kier alpha value is -2.24. The first-order valence-corrected chi connectivity index (χ1v) is 7.60. The van der Waals surface area contributed by atoms with Gasteiger partial charge in [0, 0.05) is 26.1 Å². The molecule has 1 heterocycles. The number of nitrogens with zero attached hydrogens (tertiary/aromatic N) is 1. The van der Waals surface area contributed by atoms with Crippen molar-refractivity contribution in [2.24, 2.45) is 0 Å². The number of likely N-dealkylation sites (tertiary alicyclic amines) is 1. The van der Waals surface area contributed by atoms with Gasteiger partial charge in [0.15, 0.2) is 0 Å². The van der Waals surface area contributed by atoms with E-state index in [1.165, 1.54) is 5.56 Å². The van der Waals surface area contributed by atoms with E-state index < -0.39 is 5.97 Å². The molecule has 3 N–H and O–H groups in total. The number of aromatic hydroxyl groups is 1. The summed E-state index contributed by atoms with van der Waals surface area (Å²) in [5, 5.41) is 20.6. The van der Waals surface area contributed by atoms with Gasteiger partial charge in [0.25, 0.3) is 0 Å². The Morgan fingerprint density at radius 2 is 1.82 bits per heavy atom. The Morgan fingerprint density at radius 1 is 1.18 bits per heavy atom. The minimum atomic E-state index is -0.844. The summed E-state index contributed by atoms with van der Waals surface area (Å²) >= 11 is 0. The second kappa shape index (κ2) is 7.68. The number of phenolic OH excluding ortho intramolecular Hbond substituents is 1. The maximum atomic E-state index is 12.0. The second-order valence-electron chi connectivity index (χ2n) is 5.58. The van der Waals surface area contributed by atoms with Crippen molar-refractivity contribution in [2.45, 2.75) is 31.6 Å². The van der Waals surface area contributed by atoms with Crippen molar-refractivity contribution < 1.29 is 19.8 Å². The average Bonchev–Trinajstić information content (AvgIpc) is 2.52. The van der Waals surface area contributed by atoms with Gasteiger partial charge in [-0.05, 0) is 42.9 Å². The van der Waals surface area contributed by atoms with Crippen LogP contribution in [0.5, 0.6) is 5.75 Å². The number of carbonyl (C=O) groups excluding carboxylic acids is 1. The number of benzene rings is 1. The molecule has 0 unspecified atom stereocenters. The van der Waals surface area contributed by atoms with Crippen molar-refractivity contribution in [3.63, 3.8) is 0 Å². The number of nitrogens with one attached hydrogen (secondary N) is 1. The largest absolute Gasteiger partial charge is 0.508 e. The standard InChI is InChI=1S/C16H22N2O4/c19-14-5-3-12(4-6-14)13-7-10-18(11-8-13)16(22)17-9-1-2-15(20)21/h3-6,13,19H,1-2,7-11H2,(H,17,22)(H,20,21). The van der Waals surface area contributed by atoms with Crippen LogP contribution in [-0.2, 0) is 4.79 Å². The number of carboxylic acid groups (broad SMARTS) is 1. The summed E-state index contributed by atoms with van der Waals surface area (Å²) in [4.78, 5) is 24.1. The number of hydrogen-bond acceptors (Lipinski definition) is 3. The highest BCUT2D eigenvalue weighted by atomic mass is 16.4. The summed E-state index contributed by atoms with van der Waals surface area (Å²) in [6, 6.07) is 7.13. The lowest BCUT2D eigenvalue weighted by molar-refractivity contribution is -0.137. The first-order valence-electron chi connectivity index (χ1n) is 7.60. The zero-order chi connectivity index (χ0) is 15.9. The number of carbonyl (C=O) groups is 2. The molecule has 0 bridgehead atoms. The molecular formula is C16H22N2O4. The van der Waals surface area contributed by atoms with Gasteiger partial charge in [0.05, 0.1) is 0 Å². The van der Waals surface area contributed by atoms with E-state index in [1.54, 1.807) is 17.0 Å². The Kier molecular flexibility index (Phi) is 5.63. The third-order valence-electron chi connectivity index (χ3n) is 3.99. The van der Waals surface area contributed by atoms with Gasteiger partial charge in [-0.1, -0.05) is 12.1 Å². The Morgan fingerprint density at radius 3 is 2.41 bits per heavy atom. The van der Waals surface area contributed by atoms with Gasteiger partial charge in [0.2, 0.25) is 0 Å². The summed E-state index contributed by atoms with van der Waals surface area (Å²) in [5.74, 6) is -0.164. The first kappa shape index (κ1) is 16.1. The Balaban J connectivity index is 1.73. The fraction of sp³-hybridized carbons (Fsp3) is 0.500. The van der Waals surface area contributed by atoms with Crippen molar-refractivity contribution in [1.29, 1.82) is 0 Å². The number of carboxylic acids is 1. The molecule has 2 rings (SSSR count). The van der Waals surface area contributed by atoms with Crippen LogP contribution in [0.3, 0.4) is 0 Å². The molecule has 0 spiro atoms. The second-order valence-corrected chi connectivity index (χ2v) is 5.58. The number of rotatable bonds is 5. The molecule has 22 heavy (non-hydrogen) atoms. The van der Waals surface area contributed by atoms with Crippen LogP contribution in [0.4, 0.5) is 4.79 Å². The van der Waals surface area contributed by atoms with E-state index in [4.69, 9.17) is 5.11 Å².